The molecule has 5 rings (SSSR count). The van der Waals surface area contributed by atoms with Gasteiger partial charge in [-0.05, 0) is 47.5 Å². The summed E-state index contributed by atoms with van der Waals surface area (Å²) in [6.07, 6.45) is 0. The molecule has 0 fully saturated rings. The largest absolute Gasteiger partial charge is 0.505 e. The molecule has 34 heavy (non-hydrogen) atoms. The van der Waals surface area contributed by atoms with E-state index >= 15 is 0 Å². The fourth-order valence-electron chi connectivity index (χ4n) is 3.92. The van der Waals surface area contributed by atoms with Crippen LogP contribution in [0.15, 0.2) is 101 Å². The summed E-state index contributed by atoms with van der Waals surface area (Å²) < 4.78 is 0. The zero-order valence-corrected chi connectivity index (χ0v) is 19.0. The first kappa shape index (κ1) is 21.6. The minimum atomic E-state index is -0.435. The third kappa shape index (κ3) is 3.98. The number of nitrogens with zero attached hydrogens (tertiary/aromatic N) is 2. The molecule has 0 aliphatic heterocycles. The summed E-state index contributed by atoms with van der Waals surface area (Å²) >= 11 is 6.20. The van der Waals surface area contributed by atoms with Crippen molar-refractivity contribution < 1.29 is 9.90 Å². The molecule has 2 N–H and O–H groups in total. The second kappa shape index (κ2) is 8.96. The Morgan fingerprint density at radius 3 is 2.32 bits per heavy atom. The molecule has 166 valence electrons. The van der Waals surface area contributed by atoms with Crippen LogP contribution in [0.5, 0.6) is 5.75 Å². The number of phenols is 1. The maximum absolute atomic E-state index is 13.3. The number of nitrogens with one attached hydrogen (secondary N) is 1. The number of hydrogen-bond acceptors (Lipinski definition) is 4. The molecule has 0 spiro atoms. The molecule has 0 atom stereocenters. The first-order chi connectivity index (χ1) is 16.5. The third-order valence-corrected chi connectivity index (χ3v) is 6.18. The van der Waals surface area contributed by atoms with Gasteiger partial charge in [-0.25, -0.2) is 0 Å². The highest BCUT2D eigenvalue weighted by Crippen LogP contribution is 2.40. The molecule has 0 saturated carbocycles. The van der Waals surface area contributed by atoms with Crippen molar-refractivity contribution in [3.05, 3.63) is 107 Å². The monoisotopic (exact) mass is 465 g/mol. The number of azo groups is 1. The number of benzene rings is 5. The van der Waals surface area contributed by atoms with E-state index in [9.17, 15) is 9.90 Å². The van der Waals surface area contributed by atoms with Gasteiger partial charge in [0.1, 0.15) is 5.69 Å². The predicted octanol–water partition coefficient (Wildman–Crippen LogP) is 8.33. The van der Waals surface area contributed by atoms with Gasteiger partial charge in [-0.1, -0.05) is 78.3 Å². The van der Waals surface area contributed by atoms with Crippen LogP contribution in [0.3, 0.4) is 0 Å². The number of amides is 1. The van der Waals surface area contributed by atoms with E-state index in [1.54, 1.807) is 24.3 Å². The van der Waals surface area contributed by atoms with Crippen molar-refractivity contribution in [2.45, 2.75) is 6.92 Å². The van der Waals surface area contributed by atoms with E-state index in [4.69, 9.17) is 11.6 Å². The van der Waals surface area contributed by atoms with Gasteiger partial charge in [0, 0.05) is 21.5 Å². The van der Waals surface area contributed by atoms with E-state index in [0.29, 0.717) is 21.8 Å². The lowest BCUT2D eigenvalue weighted by molar-refractivity contribution is 0.102. The summed E-state index contributed by atoms with van der Waals surface area (Å²) in [6, 6.07) is 27.9. The molecule has 6 heteroatoms. The maximum atomic E-state index is 13.3. The van der Waals surface area contributed by atoms with Crippen molar-refractivity contribution in [3.63, 3.8) is 0 Å². The lowest BCUT2D eigenvalue weighted by Gasteiger charge is -2.12. The molecule has 0 radical (unpaired) electrons. The van der Waals surface area contributed by atoms with Gasteiger partial charge in [0.05, 0.1) is 11.3 Å². The second-order valence-electron chi connectivity index (χ2n) is 7.91. The lowest BCUT2D eigenvalue weighted by atomic mass is 10.0. The Hall–Kier alpha value is -4.22. The van der Waals surface area contributed by atoms with Crippen LogP contribution >= 0.6 is 11.6 Å². The van der Waals surface area contributed by atoms with E-state index in [1.807, 2.05) is 73.7 Å². The first-order valence-electron chi connectivity index (χ1n) is 10.7. The Balaban J connectivity index is 1.59. The van der Waals surface area contributed by atoms with Crippen molar-refractivity contribution in [1.82, 2.24) is 0 Å². The molecule has 5 nitrogen and oxygen atoms in total. The lowest BCUT2D eigenvalue weighted by Crippen LogP contribution is -2.12. The van der Waals surface area contributed by atoms with Gasteiger partial charge in [0.15, 0.2) is 5.75 Å². The van der Waals surface area contributed by atoms with Crippen LogP contribution in [0.2, 0.25) is 5.02 Å². The fourth-order valence-corrected chi connectivity index (χ4v) is 4.09. The SMILES string of the molecule is Cc1c(Cl)cccc1N=Nc1c(O)c(C(=O)Nc2cccc3ccccc23)cc2ccccc12. The van der Waals surface area contributed by atoms with Gasteiger partial charge in [-0.15, -0.1) is 5.11 Å². The molecule has 0 aliphatic carbocycles. The van der Waals surface area contributed by atoms with Crippen molar-refractivity contribution in [2.75, 3.05) is 5.32 Å². The highest BCUT2D eigenvalue weighted by Gasteiger charge is 2.19. The summed E-state index contributed by atoms with van der Waals surface area (Å²) in [7, 11) is 0. The molecule has 0 unspecified atom stereocenters. The highest BCUT2D eigenvalue weighted by atomic mass is 35.5. The first-order valence-corrected chi connectivity index (χ1v) is 11.1. The van der Waals surface area contributed by atoms with E-state index in [1.165, 1.54) is 0 Å². The third-order valence-electron chi connectivity index (χ3n) is 5.77. The number of fused-ring (bicyclic) bond motifs is 2. The Bertz CT molecular complexity index is 1590. The van der Waals surface area contributed by atoms with Crippen LogP contribution in [0, 0.1) is 6.92 Å². The molecule has 0 saturated heterocycles. The predicted molar refractivity (Wildman–Crippen MR) is 138 cm³/mol. The maximum Gasteiger partial charge on any atom is 0.259 e. The van der Waals surface area contributed by atoms with Crippen LogP contribution in [0.4, 0.5) is 17.1 Å². The Labute approximate surface area is 201 Å². The molecule has 5 aromatic carbocycles. The highest BCUT2D eigenvalue weighted by molar-refractivity contribution is 6.31. The van der Waals surface area contributed by atoms with Gasteiger partial charge in [0.2, 0.25) is 0 Å². The number of rotatable bonds is 4. The summed E-state index contributed by atoms with van der Waals surface area (Å²) in [5, 5.41) is 26.7. The van der Waals surface area contributed by atoms with Crippen LogP contribution < -0.4 is 5.32 Å². The Morgan fingerprint density at radius 2 is 1.50 bits per heavy atom. The number of phenolic OH excluding ortho intramolecular Hbond substituents is 1. The van der Waals surface area contributed by atoms with Gasteiger partial charge < -0.3 is 10.4 Å². The molecule has 0 heterocycles. The smallest absolute Gasteiger partial charge is 0.259 e. The quantitative estimate of drug-likeness (QED) is 0.262. The second-order valence-corrected chi connectivity index (χ2v) is 8.31. The fraction of sp³-hybridized carbons (Fsp3) is 0.0357. The van der Waals surface area contributed by atoms with E-state index < -0.39 is 5.91 Å². The van der Waals surface area contributed by atoms with Crippen molar-refractivity contribution in [1.29, 1.82) is 0 Å². The van der Waals surface area contributed by atoms with Crippen LogP contribution in [-0.2, 0) is 0 Å². The van der Waals surface area contributed by atoms with Crippen LogP contribution in [0.25, 0.3) is 21.5 Å². The molecule has 0 aromatic heterocycles. The minimum absolute atomic E-state index is 0.114. The van der Waals surface area contributed by atoms with Crippen LogP contribution in [0.1, 0.15) is 15.9 Å². The standard InChI is InChI=1S/C28H20ClN3O2/c1-17-23(29)13-7-14-24(17)31-32-26-21-12-5-3-9-19(21)16-22(27(26)33)28(34)30-25-15-6-10-18-8-2-4-11-20(18)25/h2-16,33H,1H3,(H,30,34). The van der Waals surface area contributed by atoms with Gasteiger partial charge >= 0.3 is 0 Å². The van der Waals surface area contributed by atoms with E-state index in [0.717, 1.165) is 21.7 Å². The van der Waals surface area contributed by atoms with Crippen molar-refractivity contribution >= 4 is 56.1 Å². The average Bonchev–Trinajstić information content (AvgIpc) is 2.85. The van der Waals surface area contributed by atoms with Crippen molar-refractivity contribution in [2.24, 2.45) is 10.2 Å². The summed E-state index contributed by atoms with van der Waals surface area (Å²) in [4.78, 5) is 13.3. The summed E-state index contributed by atoms with van der Waals surface area (Å²) in [5.41, 5.74) is 2.36. The van der Waals surface area contributed by atoms with E-state index in [-0.39, 0.29) is 17.0 Å². The molecule has 0 bridgehead atoms. The topological polar surface area (TPSA) is 74.0 Å². The number of hydrogen-bond donors (Lipinski definition) is 2. The number of aromatic hydroxyl groups is 1. The molecule has 1 amide bonds. The van der Waals surface area contributed by atoms with Gasteiger partial charge in [-0.2, -0.15) is 5.11 Å². The van der Waals surface area contributed by atoms with Gasteiger partial charge in [0.25, 0.3) is 5.91 Å². The Morgan fingerprint density at radius 1 is 0.824 bits per heavy atom. The normalized spacial score (nSPS) is 11.4. The molecular weight excluding hydrogens is 446 g/mol. The molecule has 0 aliphatic rings. The number of carbonyl (C=O) groups excluding carboxylic acids is 1. The number of halogens is 1. The summed E-state index contributed by atoms with van der Waals surface area (Å²) in [5.74, 6) is -0.671. The zero-order chi connectivity index (χ0) is 23.7. The minimum Gasteiger partial charge on any atom is -0.505 e. The van der Waals surface area contributed by atoms with Gasteiger partial charge in [-0.3, -0.25) is 4.79 Å². The Kier molecular flexibility index (Phi) is 5.70. The number of carbonyl (C=O) groups is 1. The van der Waals surface area contributed by atoms with E-state index in [2.05, 4.69) is 15.5 Å². The van der Waals surface area contributed by atoms with Crippen LogP contribution in [-0.4, -0.2) is 11.0 Å². The zero-order valence-electron chi connectivity index (χ0n) is 18.3. The van der Waals surface area contributed by atoms with Crippen molar-refractivity contribution in [3.8, 4) is 5.75 Å². The average molecular weight is 466 g/mol. The molecular formula is C28H20ClN3O2. The molecule has 5 aromatic rings. The summed E-state index contributed by atoms with van der Waals surface area (Å²) in [6.45, 7) is 1.85. The number of anilines is 1.